The smallest absolute Gasteiger partial charge is 0.255 e. The SMILES string of the molecule is C#CCN(CC#N)C(=O)c1ccc(C=C)cc1. The summed E-state index contributed by atoms with van der Waals surface area (Å²) in [7, 11) is 0. The summed E-state index contributed by atoms with van der Waals surface area (Å²) in [6, 6.07) is 8.89. The summed E-state index contributed by atoms with van der Waals surface area (Å²) in [5.74, 6) is 2.13. The van der Waals surface area contributed by atoms with E-state index in [4.69, 9.17) is 11.7 Å². The van der Waals surface area contributed by atoms with Crippen molar-refractivity contribution in [3.8, 4) is 18.4 Å². The molecule has 0 aliphatic carbocycles. The van der Waals surface area contributed by atoms with Crippen molar-refractivity contribution in [2.45, 2.75) is 0 Å². The van der Waals surface area contributed by atoms with Crippen LogP contribution in [0, 0.1) is 23.7 Å². The molecule has 84 valence electrons. The van der Waals surface area contributed by atoms with Gasteiger partial charge in [0.05, 0.1) is 12.6 Å². The molecule has 0 N–H and O–H groups in total. The van der Waals surface area contributed by atoms with Crippen LogP contribution in [0.15, 0.2) is 30.8 Å². The fourth-order valence-electron chi connectivity index (χ4n) is 1.34. The Morgan fingerprint density at radius 2 is 2.06 bits per heavy atom. The molecular weight excluding hydrogens is 212 g/mol. The summed E-state index contributed by atoms with van der Waals surface area (Å²) < 4.78 is 0. The van der Waals surface area contributed by atoms with E-state index in [0.29, 0.717) is 5.56 Å². The maximum Gasteiger partial charge on any atom is 0.255 e. The van der Waals surface area contributed by atoms with Crippen molar-refractivity contribution in [2.75, 3.05) is 13.1 Å². The normalized spacial score (nSPS) is 8.82. The summed E-state index contributed by atoms with van der Waals surface area (Å²) in [5, 5.41) is 8.62. The van der Waals surface area contributed by atoms with E-state index in [0.717, 1.165) is 5.56 Å². The Balaban J connectivity index is 2.90. The first-order valence-corrected chi connectivity index (χ1v) is 5.05. The van der Waals surface area contributed by atoms with Crippen molar-refractivity contribution >= 4 is 12.0 Å². The molecule has 0 spiro atoms. The molecule has 3 nitrogen and oxygen atoms in total. The second-order valence-corrected chi connectivity index (χ2v) is 3.35. The molecule has 17 heavy (non-hydrogen) atoms. The average Bonchev–Trinajstić information content (AvgIpc) is 2.38. The van der Waals surface area contributed by atoms with Gasteiger partial charge in [0.15, 0.2) is 0 Å². The quantitative estimate of drug-likeness (QED) is 0.579. The Labute approximate surface area is 101 Å². The highest BCUT2D eigenvalue weighted by atomic mass is 16.2. The molecule has 0 atom stereocenters. The molecule has 0 aliphatic heterocycles. The van der Waals surface area contributed by atoms with Gasteiger partial charge < -0.3 is 4.90 Å². The monoisotopic (exact) mass is 224 g/mol. The lowest BCUT2D eigenvalue weighted by Gasteiger charge is -2.16. The Hall–Kier alpha value is -2.52. The van der Waals surface area contributed by atoms with Crippen LogP contribution in [0.2, 0.25) is 0 Å². The van der Waals surface area contributed by atoms with Crippen LogP contribution in [-0.4, -0.2) is 23.9 Å². The number of carbonyl (C=O) groups is 1. The number of carbonyl (C=O) groups excluding carboxylic acids is 1. The van der Waals surface area contributed by atoms with E-state index in [1.165, 1.54) is 4.90 Å². The van der Waals surface area contributed by atoms with Crippen molar-refractivity contribution < 1.29 is 4.79 Å². The van der Waals surface area contributed by atoms with Crippen molar-refractivity contribution in [1.29, 1.82) is 5.26 Å². The third-order valence-electron chi connectivity index (χ3n) is 2.22. The van der Waals surface area contributed by atoms with Gasteiger partial charge >= 0.3 is 0 Å². The van der Waals surface area contributed by atoms with Gasteiger partial charge in [0.25, 0.3) is 5.91 Å². The molecule has 1 aromatic rings. The van der Waals surface area contributed by atoms with Gasteiger partial charge in [0.1, 0.15) is 6.54 Å². The molecule has 1 amide bonds. The third-order valence-corrected chi connectivity index (χ3v) is 2.22. The zero-order chi connectivity index (χ0) is 12.7. The van der Waals surface area contributed by atoms with Gasteiger partial charge in [0, 0.05) is 5.56 Å². The minimum atomic E-state index is -0.236. The van der Waals surface area contributed by atoms with E-state index in [9.17, 15) is 4.79 Å². The number of hydrogen-bond donors (Lipinski definition) is 0. The highest BCUT2D eigenvalue weighted by Gasteiger charge is 2.13. The zero-order valence-corrected chi connectivity index (χ0v) is 9.39. The molecule has 0 aromatic heterocycles. The minimum absolute atomic E-state index is 0.00770. The molecule has 1 aromatic carbocycles. The first-order valence-electron chi connectivity index (χ1n) is 5.05. The largest absolute Gasteiger partial charge is 0.314 e. The van der Waals surface area contributed by atoms with Gasteiger partial charge in [-0.3, -0.25) is 4.79 Å². The number of nitriles is 1. The average molecular weight is 224 g/mol. The molecule has 0 aliphatic rings. The lowest BCUT2D eigenvalue weighted by atomic mass is 10.1. The molecule has 1 rings (SSSR count). The standard InChI is InChI=1S/C14H12N2O/c1-3-10-16(11-9-15)14(17)13-7-5-12(4-2)6-8-13/h1,4-8H,2,10-11H2. The second kappa shape index (κ2) is 6.15. The van der Waals surface area contributed by atoms with Crippen molar-refractivity contribution in [3.63, 3.8) is 0 Å². The summed E-state index contributed by atoms with van der Waals surface area (Å²) in [5.41, 5.74) is 1.45. The molecular formula is C14H12N2O. The number of benzene rings is 1. The van der Waals surface area contributed by atoms with Crippen LogP contribution in [0.1, 0.15) is 15.9 Å². The second-order valence-electron chi connectivity index (χ2n) is 3.35. The van der Waals surface area contributed by atoms with Crippen LogP contribution in [0.4, 0.5) is 0 Å². The van der Waals surface area contributed by atoms with E-state index >= 15 is 0 Å². The summed E-state index contributed by atoms with van der Waals surface area (Å²) in [4.78, 5) is 13.3. The van der Waals surface area contributed by atoms with E-state index in [1.807, 2.05) is 6.07 Å². The maximum atomic E-state index is 12.0. The Bertz CT molecular complexity index is 472. The van der Waals surface area contributed by atoms with Crippen LogP contribution in [-0.2, 0) is 0 Å². The predicted molar refractivity (Wildman–Crippen MR) is 66.9 cm³/mol. The summed E-state index contributed by atoms with van der Waals surface area (Å²) >= 11 is 0. The van der Waals surface area contributed by atoms with Gasteiger partial charge in [-0.05, 0) is 17.7 Å². The number of hydrogen-bond acceptors (Lipinski definition) is 2. The fraction of sp³-hybridized carbons (Fsp3) is 0.143. The van der Waals surface area contributed by atoms with Crippen LogP contribution < -0.4 is 0 Å². The van der Waals surface area contributed by atoms with Crippen LogP contribution in [0.3, 0.4) is 0 Å². The lowest BCUT2D eigenvalue weighted by molar-refractivity contribution is 0.0795. The van der Waals surface area contributed by atoms with Gasteiger partial charge in [-0.2, -0.15) is 5.26 Å². The van der Waals surface area contributed by atoms with Crippen LogP contribution >= 0.6 is 0 Å². The molecule has 0 radical (unpaired) electrons. The predicted octanol–water partition coefficient (Wildman–Crippen LogP) is 1.93. The molecule has 0 fully saturated rings. The number of amides is 1. The van der Waals surface area contributed by atoms with E-state index in [-0.39, 0.29) is 19.0 Å². The van der Waals surface area contributed by atoms with E-state index in [1.54, 1.807) is 30.3 Å². The first-order chi connectivity index (χ1) is 8.22. The summed E-state index contributed by atoms with van der Waals surface area (Å²) in [6.45, 7) is 3.76. The van der Waals surface area contributed by atoms with E-state index < -0.39 is 0 Å². The van der Waals surface area contributed by atoms with Crippen molar-refractivity contribution in [3.05, 3.63) is 42.0 Å². The Morgan fingerprint density at radius 1 is 1.41 bits per heavy atom. The zero-order valence-electron chi connectivity index (χ0n) is 9.39. The number of terminal acetylenes is 1. The van der Waals surface area contributed by atoms with Gasteiger partial charge in [-0.15, -0.1) is 6.42 Å². The van der Waals surface area contributed by atoms with E-state index in [2.05, 4.69) is 12.5 Å². The number of rotatable bonds is 4. The molecule has 0 saturated heterocycles. The first kappa shape index (κ1) is 12.5. The van der Waals surface area contributed by atoms with Gasteiger partial charge in [0.2, 0.25) is 0 Å². The fourth-order valence-corrected chi connectivity index (χ4v) is 1.34. The summed E-state index contributed by atoms with van der Waals surface area (Å²) in [6.07, 6.45) is 6.85. The van der Waals surface area contributed by atoms with Crippen molar-refractivity contribution in [2.24, 2.45) is 0 Å². The lowest BCUT2D eigenvalue weighted by Crippen LogP contribution is -2.31. The van der Waals surface area contributed by atoms with Crippen molar-refractivity contribution in [1.82, 2.24) is 4.90 Å². The molecule has 3 heteroatoms. The third kappa shape index (κ3) is 3.22. The van der Waals surface area contributed by atoms with Crippen LogP contribution in [0.25, 0.3) is 6.08 Å². The molecule has 0 bridgehead atoms. The molecule has 0 heterocycles. The molecule has 0 unspecified atom stereocenters. The highest BCUT2D eigenvalue weighted by molar-refractivity contribution is 5.94. The minimum Gasteiger partial charge on any atom is -0.314 e. The van der Waals surface area contributed by atoms with Gasteiger partial charge in [-0.25, -0.2) is 0 Å². The Kier molecular flexibility index (Phi) is 4.54. The molecule has 0 saturated carbocycles. The van der Waals surface area contributed by atoms with Gasteiger partial charge in [-0.1, -0.05) is 30.7 Å². The Morgan fingerprint density at radius 3 is 2.53 bits per heavy atom. The highest BCUT2D eigenvalue weighted by Crippen LogP contribution is 2.08. The topological polar surface area (TPSA) is 44.1 Å². The van der Waals surface area contributed by atoms with Crippen LogP contribution in [0.5, 0.6) is 0 Å². The maximum absolute atomic E-state index is 12.0. The number of nitrogens with zero attached hydrogens (tertiary/aromatic N) is 2.